The smallest absolute Gasteiger partial charge is 0.330 e. The van der Waals surface area contributed by atoms with E-state index >= 15 is 0 Å². The molecule has 1 fully saturated rings. The van der Waals surface area contributed by atoms with E-state index in [0.29, 0.717) is 18.6 Å². The average Bonchev–Trinajstić information content (AvgIpc) is 2.70. The van der Waals surface area contributed by atoms with Gasteiger partial charge in [0.15, 0.2) is 12.4 Å². The predicted molar refractivity (Wildman–Crippen MR) is 96.6 cm³/mol. The molecule has 1 aliphatic carbocycles. The first-order chi connectivity index (χ1) is 13.0. The van der Waals surface area contributed by atoms with Crippen LogP contribution in [0.4, 0.5) is 0 Å². The minimum absolute atomic E-state index is 0.000753. The van der Waals surface area contributed by atoms with E-state index in [4.69, 9.17) is 14.2 Å². The Kier molecular flexibility index (Phi) is 8.29. The summed E-state index contributed by atoms with van der Waals surface area (Å²) < 4.78 is 16.1. The topological polar surface area (TPSA) is 102 Å². The standard InChI is InChI=1S/C20H26O7/c1-2-18(21)26-13-15(12-25-14-8-4-3-5-9-14)27-20(24)17-11-7-6-10-16(17)19(22)23/h2-5,8-9,15-17,19,22-23H,1,6-7,10-13H2. The monoisotopic (exact) mass is 378 g/mol. The molecule has 0 aliphatic heterocycles. The maximum Gasteiger partial charge on any atom is 0.330 e. The number of hydrogen-bond donors (Lipinski definition) is 2. The van der Waals surface area contributed by atoms with Gasteiger partial charge in [-0.3, -0.25) is 4.79 Å². The number of aliphatic hydroxyl groups is 2. The first kappa shape index (κ1) is 20.9. The Morgan fingerprint density at radius 3 is 2.52 bits per heavy atom. The molecule has 0 bridgehead atoms. The largest absolute Gasteiger partial charge is 0.490 e. The first-order valence-electron chi connectivity index (χ1n) is 9.05. The molecule has 7 heteroatoms. The summed E-state index contributed by atoms with van der Waals surface area (Å²) in [5.41, 5.74) is 0. The van der Waals surface area contributed by atoms with E-state index in [1.54, 1.807) is 12.1 Å². The Bertz CT molecular complexity index is 614. The lowest BCUT2D eigenvalue weighted by Crippen LogP contribution is -2.39. The number of hydrogen-bond acceptors (Lipinski definition) is 7. The molecule has 148 valence electrons. The predicted octanol–water partition coefficient (Wildman–Crippen LogP) is 1.82. The number of esters is 2. The number of benzene rings is 1. The Labute approximate surface area is 158 Å². The summed E-state index contributed by atoms with van der Waals surface area (Å²) in [6.07, 6.45) is 1.37. The zero-order valence-electron chi connectivity index (χ0n) is 15.2. The van der Waals surface area contributed by atoms with Gasteiger partial charge in [0, 0.05) is 12.0 Å². The average molecular weight is 378 g/mol. The van der Waals surface area contributed by atoms with Gasteiger partial charge in [-0.15, -0.1) is 0 Å². The summed E-state index contributed by atoms with van der Waals surface area (Å²) in [4.78, 5) is 23.9. The summed E-state index contributed by atoms with van der Waals surface area (Å²) >= 11 is 0. The Morgan fingerprint density at radius 2 is 1.85 bits per heavy atom. The fourth-order valence-electron chi connectivity index (χ4n) is 3.12. The van der Waals surface area contributed by atoms with E-state index in [-0.39, 0.29) is 13.2 Å². The van der Waals surface area contributed by atoms with Gasteiger partial charge in [-0.2, -0.15) is 0 Å². The van der Waals surface area contributed by atoms with Crippen LogP contribution < -0.4 is 4.74 Å². The lowest BCUT2D eigenvalue weighted by molar-refractivity contribution is -0.174. The van der Waals surface area contributed by atoms with Crippen molar-refractivity contribution in [2.24, 2.45) is 11.8 Å². The summed E-state index contributed by atoms with van der Waals surface area (Å²) in [5.74, 6) is -1.73. The number of para-hydroxylation sites is 1. The highest BCUT2D eigenvalue weighted by Gasteiger charge is 2.37. The van der Waals surface area contributed by atoms with Crippen LogP contribution in [-0.4, -0.2) is 47.8 Å². The molecule has 3 atom stereocenters. The number of ether oxygens (including phenoxy) is 3. The van der Waals surface area contributed by atoms with Crippen LogP contribution >= 0.6 is 0 Å². The summed E-state index contributed by atoms with van der Waals surface area (Å²) in [6, 6.07) is 8.98. The van der Waals surface area contributed by atoms with Crippen LogP contribution in [0.3, 0.4) is 0 Å². The second kappa shape index (κ2) is 10.7. The zero-order chi connectivity index (χ0) is 19.6. The molecular weight excluding hydrogens is 352 g/mol. The zero-order valence-corrected chi connectivity index (χ0v) is 15.2. The molecule has 0 amide bonds. The Morgan fingerprint density at radius 1 is 1.15 bits per heavy atom. The Hall–Kier alpha value is -2.38. The van der Waals surface area contributed by atoms with E-state index in [1.165, 1.54) is 0 Å². The molecule has 2 N–H and O–H groups in total. The van der Waals surface area contributed by atoms with Crippen LogP contribution in [0.25, 0.3) is 0 Å². The maximum absolute atomic E-state index is 12.6. The van der Waals surface area contributed by atoms with Gasteiger partial charge in [0.05, 0.1) is 5.92 Å². The Balaban J connectivity index is 1.99. The minimum atomic E-state index is -1.57. The summed E-state index contributed by atoms with van der Waals surface area (Å²) in [7, 11) is 0. The molecule has 0 aromatic heterocycles. The number of rotatable bonds is 9. The van der Waals surface area contributed by atoms with Gasteiger partial charge in [-0.25, -0.2) is 4.79 Å². The second-order valence-corrected chi connectivity index (χ2v) is 6.49. The van der Waals surface area contributed by atoms with E-state index in [2.05, 4.69) is 6.58 Å². The van der Waals surface area contributed by atoms with Gasteiger partial charge in [-0.05, 0) is 25.0 Å². The number of carbonyl (C=O) groups is 2. The van der Waals surface area contributed by atoms with Crippen molar-refractivity contribution in [2.45, 2.75) is 38.1 Å². The van der Waals surface area contributed by atoms with Crippen LogP contribution in [0, 0.1) is 11.8 Å². The molecule has 0 heterocycles. The maximum atomic E-state index is 12.6. The summed E-state index contributed by atoms with van der Waals surface area (Å²) in [6.45, 7) is 3.15. The fraction of sp³-hybridized carbons (Fsp3) is 0.500. The van der Waals surface area contributed by atoms with Crippen LogP contribution in [-0.2, 0) is 19.1 Å². The number of aliphatic hydroxyl groups excluding tert-OH is 1. The van der Waals surface area contributed by atoms with Gasteiger partial charge in [0.25, 0.3) is 0 Å². The van der Waals surface area contributed by atoms with Crippen LogP contribution in [0.15, 0.2) is 43.0 Å². The van der Waals surface area contributed by atoms with Gasteiger partial charge in [-0.1, -0.05) is 37.6 Å². The van der Waals surface area contributed by atoms with Gasteiger partial charge >= 0.3 is 11.9 Å². The molecule has 0 saturated heterocycles. The molecule has 0 spiro atoms. The highest BCUT2D eigenvalue weighted by molar-refractivity contribution is 5.81. The normalized spacial score (nSPS) is 20.6. The molecule has 1 aliphatic rings. The molecule has 2 rings (SSSR count). The lowest BCUT2D eigenvalue weighted by atomic mass is 9.79. The molecule has 1 saturated carbocycles. The highest BCUT2D eigenvalue weighted by atomic mass is 16.6. The molecule has 3 unspecified atom stereocenters. The summed E-state index contributed by atoms with van der Waals surface area (Å²) in [5, 5.41) is 19.1. The van der Waals surface area contributed by atoms with Crippen molar-refractivity contribution in [3.63, 3.8) is 0 Å². The van der Waals surface area contributed by atoms with Gasteiger partial charge in [0.2, 0.25) is 0 Å². The van der Waals surface area contributed by atoms with Crippen LogP contribution in [0.1, 0.15) is 25.7 Å². The molecule has 27 heavy (non-hydrogen) atoms. The molecule has 0 radical (unpaired) electrons. The van der Waals surface area contributed by atoms with Gasteiger partial charge < -0.3 is 24.4 Å². The quantitative estimate of drug-likeness (QED) is 0.384. The van der Waals surface area contributed by atoms with E-state index in [9.17, 15) is 19.8 Å². The third-order valence-electron chi connectivity index (χ3n) is 4.55. The molecular formula is C20H26O7. The van der Waals surface area contributed by atoms with Crippen molar-refractivity contribution in [3.8, 4) is 5.75 Å². The minimum Gasteiger partial charge on any atom is -0.490 e. The molecule has 1 aromatic rings. The van der Waals surface area contributed by atoms with Crippen LogP contribution in [0.2, 0.25) is 0 Å². The van der Waals surface area contributed by atoms with Crippen molar-refractivity contribution in [2.75, 3.05) is 13.2 Å². The molecule has 7 nitrogen and oxygen atoms in total. The SMILES string of the molecule is C=CC(=O)OCC(COc1ccccc1)OC(=O)C1CCCCC1C(O)O. The van der Waals surface area contributed by atoms with Crippen molar-refractivity contribution in [1.29, 1.82) is 0 Å². The number of carbonyl (C=O) groups excluding carboxylic acids is 2. The van der Waals surface area contributed by atoms with E-state index in [1.807, 2.05) is 18.2 Å². The molecule has 1 aromatic carbocycles. The van der Waals surface area contributed by atoms with Gasteiger partial charge in [0.1, 0.15) is 19.0 Å². The van der Waals surface area contributed by atoms with Crippen molar-refractivity contribution >= 4 is 11.9 Å². The van der Waals surface area contributed by atoms with Crippen molar-refractivity contribution < 1.29 is 34.0 Å². The van der Waals surface area contributed by atoms with E-state index in [0.717, 1.165) is 18.9 Å². The van der Waals surface area contributed by atoms with E-state index < -0.39 is 36.2 Å². The van der Waals surface area contributed by atoms with Crippen LogP contribution in [0.5, 0.6) is 5.75 Å². The third kappa shape index (κ3) is 6.69. The van der Waals surface area contributed by atoms with Crippen molar-refractivity contribution in [1.82, 2.24) is 0 Å². The third-order valence-corrected chi connectivity index (χ3v) is 4.55. The fourth-order valence-corrected chi connectivity index (χ4v) is 3.12. The lowest BCUT2D eigenvalue weighted by Gasteiger charge is -2.32. The second-order valence-electron chi connectivity index (χ2n) is 6.49. The van der Waals surface area contributed by atoms with Crippen molar-refractivity contribution in [3.05, 3.63) is 43.0 Å². The first-order valence-corrected chi connectivity index (χ1v) is 9.05. The highest BCUT2D eigenvalue weighted by Crippen LogP contribution is 2.33.